The molecule has 0 aromatic heterocycles. The molecule has 9 nitrogen and oxygen atoms in total. The molecule has 2 aromatic carbocycles. The van der Waals surface area contributed by atoms with Crippen molar-refractivity contribution < 1.29 is 23.9 Å². The molecule has 2 aliphatic rings. The number of nitrogens with zero attached hydrogens (tertiary/aromatic N) is 1. The van der Waals surface area contributed by atoms with Gasteiger partial charge in [-0.1, -0.05) is 17.7 Å². The second-order valence-corrected chi connectivity index (χ2v) is 9.06. The van der Waals surface area contributed by atoms with E-state index in [1.54, 1.807) is 54.4 Å². The topological polar surface area (TPSA) is 109 Å². The fraction of sp³-hybridized carbons (Fsp3) is 0.400. The monoisotopic (exact) mass is 500 g/mol. The number of urea groups is 1. The Bertz CT molecular complexity index is 1110. The number of nitrogens with one attached hydrogen (secondary N) is 3. The van der Waals surface area contributed by atoms with Crippen LogP contribution in [0.3, 0.4) is 0 Å². The predicted octanol–water partition coefficient (Wildman–Crippen LogP) is 3.89. The number of carbonyl (C=O) groups is 3. The van der Waals surface area contributed by atoms with Crippen molar-refractivity contribution in [3.8, 4) is 5.75 Å². The number of fused-ring (bicyclic) bond motifs is 2. The number of hydrogen-bond donors (Lipinski definition) is 3. The maximum absolute atomic E-state index is 13.3. The van der Waals surface area contributed by atoms with Crippen molar-refractivity contribution in [3.63, 3.8) is 0 Å². The number of halogens is 1. The average Bonchev–Trinajstić information content (AvgIpc) is 2.82. The summed E-state index contributed by atoms with van der Waals surface area (Å²) in [5.74, 6) is 0.145. The van der Waals surface area contributed by atoms with Crippen molar-refractivity contribution in [2.24, 2.45) is 0 Å². The van der Waals surface area contributed by atoms with Crippen LogP contribution in [0.1, 0.15) is 36.5 Å². The third kappa shape index (κ3) is 6.04. The normalized spacial score (nSPS) is 21.5. The lowest BCUT2D eigenvalue weighted by Gasteiger charge is -2.42. The number of hydrogen-bond acceptors (Lipinski definition) is 5. The maximum Gasteiger partial charge on any atom is 0.323 e. The van der Waals surface area contributed by atoms with Crippen LogP contribution >= 0.6 is 11.6 Å². The van der Waals surface area contributed by atoms with Gasteiger partial charge in [0.05, 0.1) is 24.1 Å². The van der Waals surface area contributed by atoms with Crippen LogP contribution in [0, 0.1) is 0 Å². The van der Waals surface area contributed by atoms with Crippen LogP contribution in [0.4, 0.5) is 16.2 Å². The molecule has 2 aromatic rings. The molecule has 0 spiro atoms. The lowest BCUT2D eigenvalue weighted by molar-refractivity contribution is -0.133. The minimum atomic E-state index is -0.460. The van der Waals surface area contributed by atoms with E-state index in [1.807, 2.05) is 6.92 Å². The number of ether oxygens (including phenoxy) is 2. The molecule has 0 radical (unpaired) electrons. The summed E-state index contributed by atoms with van der Waals surface area (Å²) in [7, 11) is 1.74. The number of benzene rings is 2. The van der Waals surface area contributed by atoms with Gasteiger partial charge in [0.25, 0.3) is 5.91 Å². The van der Waals surface area contributed by atoms with Crippen molar-refractivity contribution in [2.45, 2.75) is 44.4 Å². The number of carbonyl (C=O) groups excluding carboxylic acids is 3. The van der Waals surface area contributed by atoms with Gasteiger partial charge in [-0.05, 0) is 56.2 Å². The van der Waals surface area contributed by atoms with Gasteiger partial charge in [-0.25, -0.2) is 4.79 Å². The first-order valence-electron chi connectivity index (χ1n) is 11.6. The first-order valence-corrected chi connectivity index (χ1v) is 12.0. The summed E-state index contributed by atoms with van der Waals surface area (Å²) in [5, 5.41) is 8.76. The van der Waals surface area contributed by atoms with Crippen molar-refractivity contribution in [1.82, 2.24) is 10.2 Å². The van der Waals surface area contributed by atoms with Gasteiger partial charge in [-0.3, -0.25) is 9.59 Å². The van der Waals surface area contributed by atoms with Gasteiger partial charge < -0.3 is 30.3 Å². The molecule has 0 aliphatic carbocycles. The lowest BCUT2D eigenvalue weighted by atomic mass is 9.94. The standard InChI is InChI=1S/C25H29ClN4O5/c1-3-27-23(31)13-18-8-9-20-22(35-18)14-34-21-10-7-17(12-19(21)24(32)30(20)2)29-25(33)28-16-6-4-5-15(26)11-16/h4-7,10-12,18,20,22H,3,8-9,13-14H2,1-2H3,(H,27,31)(H2,28,29,33)/t18-,20+,22-/m0/s1. The van der Waals surface area contributed by atoms with Crippen LogP contribution in [0.5, 0.6) is 5.75 Å². The Morgan fingerprint density at radius 2 is 1.89 bits per heavy atom. The van der Waals surface area contributed by atoms with Crippen LogP contribution in [0.25, 0.3) is 0 Å². The number of likely N-dealkylation sites (N-methyl/N-ethyl adjacent to an activating group) is 1. The Balaban J connectivity index is 1.45. The Morgan fingerprint density at radius 1 is 1.11 bits per heavy atom. The molecule has 186 valence electrons. The highest BCUT2D eigenvalue weighted by atomic mass is 35.5. The molecule has 0 unspecified atom stereocenters. The summed E-state index contributed by atoms with van der Waals surface area (Å²) in [4.78, 5) is 39.4. The molecule has 3 N–H and O–H groups in total. The first-order chi connectivity index (χ1) is 16.8. The first kappa shape index (κ1) is 24.8. The zero-order chi connectivity index (χ0) is 24.9. The molecule has 0 bridgehead atoms. The molecule has 2 aliphatic heterocycles. The van der Waals surface area contributed by atoms with E-state index < -0.39 is 6.03 Å². The average molecular weight is 501 g/mol. The van der Waals surface area contributed by atoms with E-state index in [0.29, 0.717) is 47.1 Å². The SMILES string of the molecule is CCNC(=O)C[C@@H]1CC[C@@H]2[C@H](COc3ccc(NC(=O)Nc4cccc(Cl)c4)cc3C(=O)N2C)O1. The third-order valence-corrected chi connectivity index (χ3v) is 6.37. The molecule has 35 heavy (non-hydrogen) atoms. The van der Waals surface area contributed by atoms with Gasteiger partial charge in [0.1, 0.15) is 18.5 Å². The molecular formula is C25H29ClN4O5. The number of anilines is 2. The number of amides is 4. The van der Waals surface area contributed by atoms with Gasteiger partial charge in [0.2, 0.25) is 5.91 Å². The van der Waals surface area contributed by atoms with Crippen LogP contribution in [0.15, 0.2) is 42.5 Å². The minimum absolute atomic E-state index is 0.0445. The van der Waals surface area contributed by atoms with E-state index in [9.17, 15) is 14.4 Å². The van der Waals surface area contributed by atoms with E-state index in [1.165, 1.54) is 0 Å². The second kappa shape index (κ2) is 11.0. The molecule has 2 heterocycles. The van der Waals surface area contributed by atoms with E-state index in [2.05, 4.69) is 16.0 Å². The van der Waals surface area contributed by atoms with Crippen molar-refractivity contribution in [2.75, 3.05) is 30.8 Å². The zero-order valence-electron chi connectivity index (χ0n) is 19.7. The van der Waals surface area contributed by atoms with Gasteiger partial charge in [0, 0.05) is 30.0 Å². The minimum Gasteiger partial charge on any atom is -0.490 e. The van der Waals surface area contributed by atoms with Crippen LogP contribution in [-0.2, 0) is 9.53 Å². The summed E-state index contributed by atoms with van der Waals surface area (Å²) >= 11 is 5.96. The Labute approximate surface area is 209 Å². The van der Waals surface area contributed by atoms with Gasteiger partial charge in [0.15, 0.2) is 0 Å². The van der Waals surface area contributed by atoms with Crippen molar-refractivity contribution in [1.29, 1.82) is 0 Å². The van der Waals surface area contributed by atoms with E-state index >= 15 is 0 Å². The van der Waals surface area contributed by atoms with E-state index in [0.717, 1.165) is 0 Å². The molecule has 3 atom stereocenters. The van der Waals surface area contributed by atoms with Crippen LogP contribution in [-0.4, -0.2) is 61.2 Å². The van der Waals surface area contributed by atoms with Crippen molar-refractivity contribution >= 4 is 40.8 Å². The Hall–Kier alpha value is -3.30. The summed E-state index contributed by atoms with van der Waals surface area (Å²) < 4.78 is 12.1. The Morgan fingerprint density at radius 3 is 2.63 bits per heavy atom. The smallest absolute Gasteiger partial charge is 0.323 e. The summed E-state index contributed by atoms with van der Waals surface area (Å²) in [6.07, 6.45) is 1.12. The molecule has 4 amide bonds. The fourth-order valence-electron chi connectivity index (χ4n) is 4.44. The predicted molar refractivity (Wildman–Crippen MR) is 133 cm³/mol. The zero-order valence-corrected chi connectivity index (χ0v) is 20.4. The quantitative estimate of drug-likeness (QED) is 0.577. The van der Waals surface area contributed by atoms with Crippen molar-refractivity contribution in [3.05, 3.63) is 53.1 Å². The second-order valence-electron chi connectivity index (χ2n) is 8.63. The molecule has 1 saturated heterocycles. The third-order valence-electron chi connectivity index (χ3n) is 6.14. The van der Waals surface area contributed by atoms with Gasteiger partial charge in [-0.15, -0.1) is 0 Å². The van der Waals surface area contributed by atoms with Crippen LogP contribution < -0.4 is 20.7 Å². The van der Waals surface area contributed by atoms with E-state index in [-0.39, 0.29) is 43.1 Å². The molecule has 10 heteroatoms. The largest absolute Gasteiger partial charge is 0.490 e. The maximum atomic E-state index is 13.3. The lowest BCUT2D eigenvalue weighted by Crippen LogP contribution is -2.54. The Kier molecular flexibility index (Phi) is 7.77. The number of rotatable bonds is 5. The highest BCUT2D eigenvalue weighted by Crippen LogP contribution is 2.32. The molecular weight excluding hydrogens is 472 g/mol. The summed E-state index contributed by atoms with van der Waals surface area (Å²) in [5.41, 5.74) is 1.36. The summed E-state index contributed by atoms with van der Waals surface area (Å²) in [6.45, 7) is 2.71. The molecule has 1 fully saturated rings. The van der Waals surface area contributed by atoms with Gasteiger partial charge >= 0.3 is 6.03 Å². The summed E-state index contributed by atoms with van der Waals surface area (Å²) in [6, 6.07) is 11.1. The van der Waals surface area contributed by atoms with Crippen LogP contribution in [0.2, 0.25) is 5.02 Å². The molecule has 0 saturated carbocycles. The molecule has 4 rings (SSSR count). The van der Waals surface area contributed by atoms with Gasteiger partial charge in [-0.2, -0.15) is 0 Å². The fourth-order valence-corrected chi connectivity index (χ4v) is 4.63. The van der Waals surface area contributed by atoms with E-state index in [4.69, 9.17) is 21.1 Å². The highest BCUT2D eigenvalue weighted by Gasteiger charge is 2.39. The highest BCUT2D eigenvalue weighted by molar-refractivity contribution is 6.30.